The molecule has 2 amide bonds. The zero-order valence-corrected chi connectivity index (χ0v) is 17.6. The Bertz CT molecular complexity index is 1110. The van der Waals surface area contributed by atoms with E-state index in [1.165, 1.54) is 0 Å². The predicted octanol–water partition coefficient (Wildman–Crippen LogP) is 2.77. The molecule has 4 heterocycles. The molecule has 2 aliphatic heterocycles. The number of furan rings is 1. The minimum atomic E-state index is -0.154. The van der Waals surface area contributed by atoms with Crippen LogP contribution >= 0.6 is 0 Å². The molecule has 1 aromatic carbocycles. The number of likely N-dealkylation sites (tertiary alicyclic amines) is 1. The van der Waals surface area contributed by atoms with Crippen LogP contribution < -0.4 is 0 Å². The van der Waals surface area contributed by atoms with Gasteiger partial charge in [0.15, 0.2) is 5.76 Å². The van der Waals surface area contributed by atoms with Crippen molar-refractivity contribution < 1.29 is 18.7 Å². The molecule has 8 heteroatoms. The lowest BCUT2D eigenvalue weighted by Gasteiger charge is -2.33. The molecule has 0 aliphatic carbocycles. The zero-order valence-electron chi connectivity index (χ0n) is 17.6. The minimum Gasteiger partial charge on any atom is -0.451 e. The quantitative estimate of drug-likeness (QED) is 0.632. The third-order valence-corrected chi connectivity index (χ3v) is 6.20. The fourth-order valence-corrected chi connectivity index (χ4v) is 4.53. The third-order valence-electron chi connectivity index (χ3n) is 6.20. The lowest BCUT2D eigenvalue weighted by atomic mass is 10.1. The first-order valence-corrected chi connectivity index (χ1v) is 10.8. The summed E-state index contributed by atoms with van der Waals surface area (Å²) in [6, 6.07) is 9.43. The average Bonchev–Trinajstić information content (AvgIpc) is 3.53. The Balaban J connectivity index is 1.30. The SMILES string of the molecule is Cc1c(C(=O)N2Cc3ccnn3[C@@H](COCC(=O)N3CCCC3)C2)oc2ccccc12. The molecule has 2 aliphatic rings. The second-order valence-electron chi connectivity index (χ2n) is 8.26. The van der Waals surface area contributed by atoms with Gasteiger partial charge in [0.2, 0.25) is 5.91 Å². The van der Waals surface area contributed by atoms with Crippen LogP contribution in [-0.4, -0.2) is 64.2 Å². The lowest BCUT2D eigenvalue weighted by Crippen LogP contribution is -2.43. The van der Waals surface area contributed by atoms with Crippen LogP contribution in [0.25, 0.3) is 11.0 Å². The van der Waals surface area contributed by atoms with Crippen LogP contribution in [0, 0.1) is 6.92 Å². The molecule has 8 nitrogen and oxygen atoms in total. The van der Waals surface area contributed by atoms with Gasteiger partial charge < -0.3 is 19.0 Å². The molecule has 0 N–H and O–H groups in total. The van der Waals surface area contributed by atoms with E-state index in [1.54, 1.807) is 11.1 Å². The van der Waals surface area contributed by atoms with Crippen molar-refractivity contribution >= 4 is 22.8 Å². The number of para-hydroxylation sites is 1. The summed E-state index contributed by atoms with van der Waals surface area (Å²) in [6.45, 7) is 4.82. The van der Waals surface area contributed by atoms with Gasteiger partial charge in [-0.05, 0) is 31.9 Å². The number of fused-ring (bicyclic) bond motifs is 2. The molecule has 0 saturated carbocycles. The molecule has 31 heavy (non-hydrogen) atoms. The number of amides is 2. The van der Waals surface area contributed by atoms with Crippen molar-refractivity contribution in [1.29, 1.82) is 0 Å². The number of hydrogen-bond acceptors (Lipinski definition) is 5. The highest BCUT2D eigenvalue weighted by Gasteiger charge is 2.32. The summed E-state index contributed by atoms with van der Waals surface area (Å²) < 4.78 is 13.6. The number of aryl methyl sites for hydroxylation is 1. The van der Waals surface area contributed by atoms with E-state index in [2.05, 4.69) is 5.10 Å². The largest absolute Gasteiger partial charge is 0.451 e. The van der Waals surface area contributed by atoms with Gasteiger partial charge in [-0.3, -0.25) is 14.3 Å². The van der Waals surface area contributed by atoms with Crippen LogP contribution in [0.5, 0.6) is 0 Å². The number of nitrogens with zero attached hydrogens (tertiary/aromatic N) is 4. The highest BCUT2D eigenvalue weighted by molar-refractivity contribution is 5.99. The summed E-state index contributed by atoms with van der Waals surface area (Å²) in [6.07, 6.45) is 3.85. The van der Waals surface area contributed by atoms with E-state index in [9.17, 15) is 9.59 Å². The number of hydrogen-bond donors (Lipinski definition) is 0. The maximum absolute atomic E-state index is 13.3. The number of benzene rings is 1. The summed E-state index contributed by atoms with van der Waals surface area (Å²) in [4.78, 5) is 29.2. The molecule has 1 fully saturated rings. The van der Waals surface area contributed by atoms with Gasteiger partial charge in [0, 0.05) is 36.8 Å². The van der Waals surface area contributed by atoms with Crippen molar-refractivity contribution in [1.82, 2.24) is 19.6 Å². The number of carbonyl (C=O) groups is 2. The molecule has 0 spiro atoms. The van der Waals surface area contributed by atoms with Gasteiger partial charge in [-0.1, -0.05) is 18.2 Å². The molecule has 0 unspecified atom stereocenters. The Kier molecular flexibility index (Phi) is 5.23. The predicted molar refractivity (Wildman–Crippen MR) is 114 cm³/mol. The number of rotatable bonds is 5. The van der Waals surface area contributed by atoms with E-state index in [0.717, 1.165) is 42.6 Å². The average molecular weight is 422 g/mol. The number of ether oxygens (including phenoxy) is 1. The van der Waals surface area contributed by atoms with E-state index in [-0.39, 0.29) is 24.5 Å². The van der Waals surface area contributed by atoms with Crippen molar-refractivity contribution in [2.24, 2.45) is 0 Å². The Morgan fingerprint density at radius 3 is 2.77 bits per heavy atom. The molecule has 0 bridgehead atoms. The van der Waals surface area contributed by atoms with E-state index < -0.39 is 0 Å². The van der Waals surface area contributed by atoms with Crippen molar-refractivity contribution in [2.45, 2.75) is 32.4 Å². The molecule has 0 radical (unpaired) electrons. The van der Waals surface area contributed by atoms with Gasteiger partial charge in [-0.25, -0.2) is 0 Å². The smallest absolute Gasteiger partial charge is 0.290 e. The first-order valence-electron chi connectivity index (χ1n) is 10.8. The Hall–Kier alpha value is -3.13. The van der Waals surface area contributed by atoms with Crippen LogP contribution in [0.2, 0.25) is 0 Å². The fourth-order valence-electron chi connectivity index (χ4n) is 4.53. The number of carbonyl (C=O) groups excluding carboxylic acids is 2. The highest BCUT2D eigenvalue weighted by atomic mass is 16.5. The molecule has 5 rings (SSSR count). The standard InChI is InChI=1S/C23H26N4O4/c1-16-19-6-2-3-7-20(19)31-22(16)23(29)26-12-17-8-9-24-27(17)18(13-26)14-30-15-21(28)25-10-4-5-11-25/h2-3,6-9,18H,4-5,10-15H2,1H3/t18-/m1/s1. The monoisotopic (exact) mass is 422 g/mol. The van der Waals surface area contributed by atoms with Gasteiger partial charge in [-0.15, -0.1) is 0 Å². The second kappa shape index (κ2) is 8.19. The summed E-state index contributed by atoms with van der Waals surface area (Å²) in [7, 11) is 0. The fraction of sp³-hybridized carbons (Fsp3) is 0.435. The van der Waals surface area contributed by atoms with Crippen LogP contribution in [-0.2, 0) is 16.1 Å². The summed E-state index contributed by atoms with van der Waals surface area (Å²) in [5, 5.41) is 5.36. The molecule has 1 saturated heterocycles. The first-order chi connectivity index (χ1) is 15.1. The molecule has 2 aromatic heterocycles. The normalized spacial score (nSPS) is 18.5. The third kappa shape index (κ3) is 3.72. The van der Waals surface area contributed by atoms with Gasteiger partial charge >= 0.3 is 0 Å². The zero-order chi connectivity index (χ0) is 21.4. The van der Waals surface area contributed by atoms with E-state index in [1.807, 2.05) is 46.8 Å². The summed E-state index contributed by atoms with van der Waals surface area (Å²) >= 11 is 0. The molecular formula is C23H26N4O4. The van der Waals surface area contributed by atoms with Gasteiger partial charge in [-0.2, -0.15) is 5.10 Å². The van der Waals surface area contributed by atoms with E-state index >= 15 is 0 Å². The molecular weight excluding hydrogens is 396 g/mol. The van der Waals surface area contributed by atoms with Crippen molar-refractivity contribution in [3.63, 3.8) is 0 Å². The molecule has 162 valence electrons. The van der Waals surface area contributed by atoms with Gasteiger partial charge in [0.25, 0.3) is 5.91 Å². The topological polar surface area (TPSA) is 80.8 Å². The van der Waals surface area contributed by atoms with Crippen molar-refractivity contribution in [3.05, 3.63) is 53.5 Å². The Labute approximate surface area is 180 Å². The van der Waals surface area contributed by atoms with E-state index in [0.29, 0.717) is 31.0 Å². The van der Waals surface area contributed by atoms with Gasteiger partial charge in [0.05, 0.1) is 24.9 Å². The maximum Gasteiger partial charge on any atom is 0.290 e. The Morgan fingerprint density at radius 1 is 1.16 bits per heavy atom. The van der Waals surface area contributed by atoms with E-state index in [4.69, 9.17) is 9.15 Å². The minimum absolute atomic E-state index is 0.0276. The molecule has 1 atom stereocenters. The Morgan fingerprint density at radius 2 is 1.97 bits per heavy atom. The first kappa shape index (κ1) is 19.8. The summed E-state index contributed by atoms with van der Waals surface area (Å²) in [5.74, 6) is 0.261. The second-order valence-corrected chi connectivity index (χ2v) is 8.26. The maximum atomic E-state index is 13.3. The van der Waals surface area contributed by atoms with Crippen LogP contribution in [0.4, 0.5) is 0 Å². The van der Waals surface area contributed by atoms with Crippen molar-refractivity contribution in [2.75, 3.05) is 32.8 Å². The highest BCUT2D eigenvalue weighted by Crippen LogP contribution is 2.28. The summed E-state index contributed by atoms with van der Waals surface area (Å²) in [5.41, 5.74) is 2.50. The molecule has 3 aromatic rings. The number of aromatic nitrogens is 2. The lowest BCUT2D eigenvalue weighted by molar-refractivity contribution is -0.135. The van der Waals surface area contributed by atoms with Crippen LogP contribution in [0.15, 0.2) is 40.9 Å². The van der Waals surface area contributed by atoms with Crippen LogP contribution in [0.1, 0.15) is 40.7 Å². The van der Waals surface area contributed by atoms with Gasteiger partial charge in [0.1, 0.15) is 12.2 Å². The van der Waals surface area contributed by atoms with Crippen LogP contribution in [0.3, 0.4) is 0 Å². The van der Waals surface area contributed by atoms with Crippen molar-refractivity contribution in [3.8, 4) is 0 Å².